The summed E-state index contributed by atoms with van der Waals surface area (Å²) in [4.78, 5) is 16.9. The van der Waals surface area contributed by atoms with E-state index in [1.807, 2.05) is 0 Å². The van der Waals surface area contributed by atoms with Gasteiger partial charge in [0, 0.05) is 32.7 Å². The Labute approximate surface area is 139 Å². The number of benzene rings is 1. The van der Waals surface area contributed by atoms with Crippen LogP contribution in [0.4, 0.5) is 0 Å². The lowest BCUT2D eigenvalue weighted by Crippen LogP contribution is -2.47. The summed E-state index contributed by atoms with van der Waals surface area (Å²) >= 11 is 0. The number of hydrogen-bond donors (Lipinski definition) is 1. The van der Waals surface area contributed by atoms with Gasteiger partial charge in [0.25, 0.3) is 0 Å². The molecular weight excluding hydrogens is 286 g/mol. The average molecular weight is 315 g/mol. The number of rotatable bonds is 6. The molecule has 1 saturated heterocycles. The van der Waals surface area contributed by atoms with Crippen LogP contribution in [-0.4, -0.2) is 48.4 Å². The van der Waals surface area contributed by atoms with Crippen LogP contribution in [0.15, 0.2) is 30.3 Å². The molecule has 4 heteroatoms. The van der Waals surface area contributed by atoms with Crippen molar-refractivity contribution < 1.29 is 4.79 Å². The standard InChI is InChI=1S/C19H29N3O/c20-18(23)19(8-4-5-9-19)10-11-21-12-14-22(15-13-21)16-17-6-2-1-3-7-17/h1-3,6-7H,4-5,8-16H2,(H2,20,23). The lowest BCUT2D eigenvalue weighted by molar-refractivity contribution is -0.128. The van der Waals surface area contributed by atoms with E-state index in [1.165, 1.54) is 5.56 Å². The molecule has 126 valence electrons. The van der Waals surface area contributed by atoms with Gasteiger partial charge in [0.15, 0.2) is 0 Å². The molecule has 4 nitrogen and oxygen atoms in total. The van der Waals surface area contributed by atoms with E-state index in [0.29, 0.717) is 0 Å². The largest absolute Gasteiger partial charge is 0.369 e. The van der Waals surface area contributed by atoms with E-state index in [-0.39, 0.29) is 11.3 Å². The first kappa shape index (κ1) is 16.5. The zero-order valence-electron chi connectivity index (χ0n) is 14.0. The summed E-state index contributed by atoms with van der Waals surface area (Å²) in [5.74, 6) is -0.0716. The predicted molar refractivity (Wildman–Crippen MR) is 92.9 cm³/mol. The van der Waals surface area contributed by atoms with Crippen LogP contribution in [0.2, 0.25) is 0 Å². The number of nitrogens with zero attached hydrogens (tertiary/aromatic N) is 2. The number of nitrogens with two attached hydrogens (primary N) is 1. The second-order valence-electron chi connectivity index (χ2n) is 7.21. The molecule has 0 bridgehead atoms. The number of piperazine rings is 1. The fourth-order valence-corrected chi connectivity index (χ4v) is 4.06. The van der Waals surface area contributed by atoms with Crippen LogP contribution in [0.1, 0.15) is 37.7 Å². The summed E-state index contributed by atoms with van der Waals surface area (Å²) in [6.07, 6.45) is 5.26. The first-order valence-corrected chi connectivity index (χ1v) is 8.97. The van der Waals surface area contributed by atoms with Crippen LogP contribution in [0.25, 0.3) is 0 Å². The molecule has 1 aromatic carbocycles. The molecule has 2 aliphatic rings. The summed E-state index contributed by atoms with van der Waals surface area (Å²) in [7, 11) is 0. The van der Waals surface area contributed by atoms with Gasteiger partial charge in [-0.25, -0.2) is 0 Å². The van der Waals surface area contributed by atoms with Gasteiger partial charge in [0.1, 0.15) is 0 Å². The van der Waals surface area contributed by atoms with Crippen LogP contribution in [0.3, 0.4) is 0 Å². The van der Waals surface area contributed by atoms with E-state index in [4.69, 9.17) is 5.73 Å². The van der Waals surface area contributed by atoms with Gasteiger partial charge < -0.3 is 10.6 Å². The van der Waals surface area contributed by atoms with Gasteiger partial charge >= 0.3 is 0 Å². The highest BCUT2D eigenvalue weighted by molar-refractivity contribution is 5.81. The van der Waals surface area contributed by atoms with Gasteiger partial charge in [0.05, 0.1) is 5.41 Å². The molecule has 0 aromatic heterocycles. The number of primary amides is 1. The van der Waals surface area contributed by atoms with Crippen LogP contribution in [0.5, 0.6) is 0 Å². The zero-order valence-corrected chi connectivity index (χ0v) is 14.0. The Morgan fingerprint density at radius 2 is 1.61 bits per heavy atom. The third-order valence-corrected chi connectivity index (χ3v) is 5.70. The molecule has 1 aliphatic heterocycles. The normalized spacial score (nSPS) is 22.3. The highest BCUT2D eigenvalue weighted by Gasteiger charge is 2.39. The SMILES string of the molecule is NC(=O)C1(CCN2CCN(Cc3ccccc3)CC2)CCCC1. The number of carbonyl (C=O) groups is 1. The molecule has 1 aromatic rings. The predicted octanol–water partition coefficient (Wildman–Crippen LogP) is 2.24. The lowest BCUT2D eigenvalue weighted by Gasteiger charge is -2.36. The van der Waals surface area contributed by atoms with Crippen molar-refractivity contribution in [1.29, 1.82) is 0 Å². The molecule has 1 saturated carbocycles. The van der Waals surface area contributed by atoms with Crippen molar-refractivity contribution in [1.82, 2.24) is 9.80 Å². The molecule has 1 aliphatic carbocycles. The van der Waals surface area contributed by atoms with Crippen molar-refractivity contribution in [2.45, 2.75) is 38.6 Å². The maximum absolute atomic E-state index is 11.8. The first-order chi connectivity index (χ1) is 11.2. The van der Waals surface area contributed by atoms with E-state index < -0.39 is 0 Å². The van der Waals surface area contributed by atoms with Gasteiger partial charge in [0.2, 0.25) is 5.91 Å². The summed E-state index contributed by atoms with van der Waals surface area (Å²) < 4.78 is 0. The van der Waals surface area contributed by atoms with Crippen molar-refractivity contribution in [3.05, 3.63) is 35.9 Å². The minimum absolute atomic E-state index is 0.0716. The van der Waals surface area contributed by atoms with Crippen molar-refractivity contribution >= 4 is 5.91 Å². The smallest absolute Gasteiger partial charge is 0.223 e. The lowest BCUT2D eigenvalue weighted by atomic mass is 9.82. The van der Waals surface area contributed by atoms with Crippen LogP contribution in [0, 0.1) is 5.41 Å². The summed E-state index contributed by atoms with van der Waals surface area (Å²) in [6, 6.07) is 10.7. The Bertz CT molecular complexity index is 503. The van der Waals surface area contributed by atoms with Crippen LogP contribution >= 0.6 is 0 Å². The Kier molecular flexibility index (Phi) is 5.34. The van der Waals surface area contributed by atoms with Crippen molar-refractivity contribution in [2.75, 3.05) is 32.7 Å². The minimum Gasteiger partial charge on any atom is -0.369 e. The molecule has 2 fully saturated rings. The average Bonchev–Trinajstić information content (AvgIpc) is 3.06. The van der Waals surface area contributed by atoms with E-state index in [0.717, 1.165) is 71.4 Å². The number of amides is 1. The van der Waals surface area contributed by atoms with Crippen LogP contribution in [-0.2, 0) is 11.3 Å². The molecular formula is C19H29N3O. The Hall–Kier alpha value is -1.39. The summed E-state index contributed by atoms with van der Waals surface area (Å²) in [6.45, 7) is 6.47. The molecule has 0 radical (unpaired) electrons. The van der Waals surface area contributed by atoms with Gasteiger partial charge in [-0.3, -0.25) is 9.69 Å². The van der Waals surface area contributed by atoms with Crippen molar-refractivity contribution in [3.63, 3.8) is 0 Å². The topological polar surface area (TPSA) is 49.6 Å². The molecule has 1 heterocycles. The molecule has 0 atom stereocenters. The van der Waals surface area contributed by atoms with E-state index in [1.54, 1.807) is 0 Å². The first-order valence-electron chi connectivity index (χ1n) is 8.97. The monoisotopic (exact) mass is 315 g/mol. The molecule has 0 spiro atoms. The second-order valence-corrected chi connectivity index (χ2v) is 7.21. The highest BCUT2D eigenvalue weighted by atomic mass is 16.1. The molecule has 3 rings (SSSR count). The molecule has 0 unspecified atom stereocenters. The van der Waals surface area contributed by atoms with Gasteiger partial charge in [-0.1, -0.05) is 43.2 Å². The van der Waals surface area contributed by atoms with E-state index in [2.05, 4.69) is 40.1 Å². The van der Waals surface area contributed by atoms with E-state index in [9.17, 15) is 4.79 Å². The molecule has 2 N–H and O–H groups in total. The third-order valence-electron chi connectivity index (χ3n) is 5.70. The van der Waals surface area contributed by atoms with Gasteiger partial charge in [-0.05, 0) is 31.4 Å². The fourth-order valence-electron chi connectivity index (χ4n) is 4.06. The van der Waals surface area contributed by atoms with Crippen molar-refractivity contribution in [3.8, 4) is 0 Å². The van der Waals surface area contributed by atoms with Crippen molar-refractivity contribution in [2.24, 2.45) is 11.1 Å². The Morgan fingerprint density at radius 1 is 1.00 bits per heavy atom. The fraction of sp³-hybridized carbons (Fsp3) is 0.632. The van der Waals surface area contributed by atoms with Gasteiger partial charge in [-0.2, -0.15) is 0 Å². The number of carbonyl (C=O) groups excluding carboxylic acids is 1. The molecule has 23 heavy (non-hydrogen) atoms. The summed E-state index contributed by atoms with van der Waals surface area (Å²) in [5.41, 5.74) is 6.87. The van der Waals surface area contributed by atoms with E-state index >= 15 is 0 Å². The second kappa shape index (κ2) is 7.45. The van der Waals surface area contributed by atoms with Crippen LogP contribution < -0.4 is 5.73 Å². The number of hydrogen-bond acceptors (Lipinski definition) is 3. The minimum atomic E-state index is -0.207. The maximum atomic E-state index is 11.8. The summed E-state index contributed by atoms with van der Waals surface area (Å²) in [5, 5.41) is 0. The maximum Gasteiger partial charge on any atom is 0.223 e. The third kappa shape index (κ3) is 4.12. The Morgan fingerprint density at radius 3 is 2.22 bits per heavy atom. The molecule has 1 amide bonds. The van der Waals surface area contributed by atoms with Gasteiger partial charge in [-0.15, -0.1) is 0 Å². The highest BCUT2D eigenvalue weighted by Crippen LogP contribution is 2.40. The zero-order chi connectivity index (χ0) is 16.1. The Balaban J connectivity index is 1.43. The quantitative estimate of drug-likeness (QED) is 0.876.